The molecule has 1 saturated carbocycles. The zero-order valence-corrected chi connectivity index (χ0v) is 11.0. The number of nitrogens with one attached hydrogen (secondary N) is 1. The van der Waals surface area contributed by atoms with Gasteiger partial charge in [0.15, 0.2) is 11.5 Å². The van der Waals surface area contributed by atoms with Crippen molar-refractivity contribution in [1.29, 1.82) is 0 Å². The Morgan fingerprint density at radius 2 is 1.82 bits per heavy atom. The van der Waals surface area contributed by atoms with E-state index in [1.54, 1.807) is 14.2 Å². The molecular formula is C14H21NO2. The molecule has 1 aliphatic rings. The normalized spacial score (nSPS) is 18.6. The Balaban J connectivity index is 2.31. The van der Waals surface area contributed by atoms with Crippen LogP contribution in [0.1, 0.15) is 31.4 Å². The minimum absolute atomic E-state index is 0.391. The van der Waals surface area contributed by atoms with E-state index in [1.165, 1.54) is 18.4 Å². The van der Waals surface area contributed by atoms with E-state index in [2.05, 4.69) is 24.4 Å². The maximum atomic E-state index is 5.35. The first-order valence-electron chi connectivity index (χ1n) is 6.04. The zero-order chi connectivity index (χ0) is 12.5. The largest absolute Gasteiger partial charge is 0.493 e. The summed E-state index contributed by atoms with van der Waals surface area (Å²) in [6, 6.07) is 6.56. The third-order valence-corrected chi connectivity index (χ3v) is 3.77. The summed E-state index contributed by atoms with van der Waals surface area (Å²) in [4.78, 5) is 0. The Morgan fingerprint density at radius 3 is 2.29 bits per heavy atom. The first-order chi connectivity index (χ1) is 8.14. The summed E-state index contributed by atoms with van der Waals surface area (Å²) in [6.45, 7) is 2.32. The number of ether oxygens (including phenoxy) is 2. The molecule has 0 radical (unpaired) electrons. The molecule has 2 rings (SSSR count). The Kier molecular flexibility index (Phi) is 3.29. The number of methoxy groups -OCH3 is 2. The second kappa shape index (κ2) is 4.57. The van der Waals surface area contributed by atoms with E-state index in [1.807, 2.05) is 13.1 Å². The molecule has 3 nitrogen and oxygen atoms in total. The average molecular weight is 235 g/mol. The average Bonchev–Trinajstić information content (AvgIpc) is 3.08. The molecular weight excluding hydrogens is 214 g/mol. The van der Waals surface area contributed by atoms with Crippen LogP contribution >= 0.6 is 0 Å². The smallest absolute Gasteiger partial charge is 0.161 e. The van der Waals surface area contributed by atoms with Crippen molar-refractivity contribution < 1.29 is 9.47 Å². The predicted molar refractivity (Wildman–Crippen MR) is 68.7 cm³/mol. The molecule has 0 bridgehead atoms. The molecule has 0 heterocycles. The zero-order valence-electron chi connectivity index (χ0n) is 11.0. The van der Waals surface area contributed by atoms with E-state index in [9.17, 15) is 0 Å². The fourth-order valence-electron chi connectivity index (χ4n) is 2.44. The van der Waals surface area contributed by atoms with Crippen molar-refractivity contribution in [3.63, 3.8) is 0 Å². The Bertz CT molecular complexity index is 399. The van der Waals surface area contributed by atoms with Gasteiger partial charge in [0.1, 0.15) is 0 Å². The van der Waals surface area contributed by atoms with Gasteiger partial charge in [-0.3, -0.25) is 0 Å². The summed E-state index contributed by atoms with van der Waals surface area (Å²) in [5, 5.41) is 3.41. The molecule has 0 amide bonds. The maximum Gasteiger partial charge on any atom is 0.161 e. The molecule has 1 aromatic rings. The molecule has 0 aromatic heterocycles. The molecule has 17 heavy (non-hydrogen) atoms. The molecule has 0 spiro atoms. The van der Waals surface area contributed by atoms with Gasteiger partial charge in [0.2, 0.25) is 0 Å². The molecule has 0 aliphatic heterocycles. The highest BCUT2D eigenvalue weighted by molar-refractivity contribution is 5.44. The summed E-state index contributed by atoms with van der Waals surface area (Å²) < 4.78 is 10.6. The number of rotatable bonds is 5. The molecule has 94 valence electrons. The van der Waals surface area contributed by atoms with Crippen molar-refractivity contribution in [3.05, 3.63) is 23.8 Å². The third-order valence-electron chi connectivity index (χ3n) is 3.77. The summed E-state index contributed by atoms with van der Waals surface area (Å²) in [6.07, 6.45) is 2.57. The minimum Gasteiger partial charge on any atom is -0.493 e. The van der Waals surface area contributed by atoms with Crippen LogP contribution in [0, 0.1) is 5.41 Å². The van der Waals surface area contributed by atoms with Crippen molar-refractivity contribution in [1.82, 2.24) is 5.32 Å². The second-order valence-corrected chi connectivity index (χ2v) is 4.99. The number of hydrogen-bond acceptors (Lipinski definition) is 3. The van der Waals surface area contributed by atoms with Gasteiger partial charge in [-0.2, -0.15) is 0 Å². The number of benzene rings is 1. The molecule has 1 aromatic carbocycles. The van der Waals surface area contributed by atoms with Gasteiger partial charge in [-0.1, -0.05) is 13.0 Å². The quantitative estimate of drug-likeness (QED) is 0.851. The molecule has 1 atom stereocenters. The van der Waals surface area contributed by atoms with Gasteiger partial charge in [0.05, 0.1) is 14.2 Å². The molecule has 3 heteroatoms. The van der Waals surface area contributed by atoms with Crippen molar-refractivity contribution >= 4 is 0 Å². The van der Waals surface area contributed by atoms with Gasteiger partial charge >= 0.3 is 0 Å². The van der Waals surface area contributed by atoms with Crippen molar-refractivity contribution in [2.45, 2.75) is 25.8 Å². The van der Waals surface area contributed by atoms with E-state index in [0.717, 1.165) is 11.5 Å². The van der Waals surface area contributed by atoms with Crippen LogP contribution in [0.2, 0.25) is 0 Å². The van der Waals surface area contributed by atoms with Crippen LogP contribution in [0.4, 0.5) is 0 Å². The van der Waals surface area contributed by atoms with Crippen LogP contribution in [0.5, 0.6) is 11.5 Å². The van der Waals surface area contributed by atoms with Crippen LogP contribution in [0.25, 0.3) is 0 Å². The van der Waals surface area contributed by atoms with Crippen LogP contribution in [0.15, 0.2) is 18.2 Å². The summed E-state index contributed by atoms with van der Waals surface area (Å²) in [7, 11) is 5.36. The van der Waals surface area contributed by atoms with Crippen molar-refractivity contribution in [2.24, 2.45) is 5.41 Å². The highest BCUT2D eigenvalue weighted by Gasteiger charge is 2.44. The third kappa shape index (κ3) is 2.25. The van der Waals surface area contributed by atoms with Gasteiger partial charge in [-0.25, -0.2) is 0 Å². The standard InChI is InChI=1S/C14H21NO2/c1-14(7-8-14)13(15-2)10-5-6-11(16-3)12(9-10)17-4/h5-6,9,13,15H,7-8H2,1-4H3. The summed E-state index contributed by atoms with van der Waals surface area (Å²) in [5.74, 6) is 1.58. The number of hydrogen-bond donors (Lipinski definition) is 1. The van der Waals surface area contributed by atoms with Gasteiger partial charge < -0.3 is 14.8 Å². The van der Waals surface area contributed by atoms with E-state index < -0.39 is 0 Å². The fraction of sp³-hybridized carbons (Fsp3) is 0.571. The first kappa shape index (κ1) is 12.2. The molecule has 1 fully saturated rings. The van der Waals surface area contributed by atoms with Crippen LogP contribution < -0.4 is 14.8 Å². The lowest BCUT2D eigenvalue weighted by molar-refractivity contribution is 0.350. The molecule has 1 aliphatic carbocycles. The molecule has 1 N–H and O–H groups in total. The monoisotopic (exact) mass is 235 g/mol. The highest BCUT2D eigenvalue weighted by atomic mass is 16.5. The van der Waals surface area contributed by atoms with E-state index >= 15 is 0 Å². The van der Waals surface area contributed by atoms with E-state index in [0.29, 0.717) is 11.5 Å². The Hall–Kier alpha value is -1.22. The SMILES string of the molecule is CNC(c1ccc(OC)c(OC)c1)C1(C)CC1. The lowest BCUT2D eigenvalue weighted by atomic mass is 9.92. The maximum absolute atomic E-state index is 5.35. The summed E-state index contributed by atoms with van der Waals surface area (Å²) in [5.41, 5.74) is 1.67. The minimum atomic E-state index is 0.391. The second-order valence-electron chi connectivity index (χ2n) is 4.99. The van der Waals surface area contributed by atoms with Gasteiger partial charge in [-0.05, 0) is 43.0 Å². The Labute approximate surface area is 103 Å². The predicted octanol–water partition coefficient (Wildman–Crippen LogP) is 2.76. The van der Waals surface area contributed by atoms with Crippen molar-refractivity contribution in [3.8, 4) is 11.5 Å². The fourth-order valence-corrected chi connectivity index (χ4v) is 2.44. The summed E-state index contributed by atoms with van der Waals surface area (Å²) >= 11 is 0. The van der Waals surface area contributed by atoms with Crippen LogP contribution in [0.3, 0.4) is 0 Å². The topological polar surface area (TPSA) is 30.5 Å². The first-order valence-corrected chi connectivity index (χ1v) is 6.04. The van der Waals surface area contributed by atoms with E-state index in [4.69, 9.17) is 9.47 Å². The van der Waals surface area contributed by atoms with Gasteiger partial charge in [0, 0.05) is 6.04 Å². The van der Waals surface area contributed by atoms with Crippen molar-refractivity contribution in [2.75, 3.05) is 21.3 Å². The van der Waals surface area contributed by atoms with E-state index in [-0.39, 0.29) is 0 Å². The van der Waals surface area contributed by atoms with Crippen LogP contribution in [-0.2, 0) is 0 Å². The Morgan fingerprint density at radius 1 is 1.18 bits per heavy atom. The lowest BCUT2D eigenvalue weighted by Crippen LogP contribution is -2.24. The van der Waals surface area contributed by atoms with Crippen LogP contribution in [-0.4, -0.2) is 21.3 Å². The molecule has 1 unspecified atom stereocenters. The lowest BCUT2D eigenvalue weighted by Gasteiger charge is -2.24. The van der Waals surface area contributed by atoms with Gasteiger partial charge in [-0.15, -0.1) is 0 Å². The van der Waals surface area contributed by atoms with Gasteiger partial charge in [0.25, 0.3) is 0 Å². The molecule has 0 saturated heterocycles. The highest BCUT2D eigenvalue weighted by Crippen LogP contribution is 2.54.